The lowest BCUT2D eigenvalue weighted by Gasteiger charge is -2.26. The molecule has 2 aliphatic heterocycles. The molecule has 3 heterocycles. The average molecular weight is 476 g/mol. The number of halogens is 1. The number of morpholine rings is 1. The second-order valence-electron chi connectivity index (χ2n) is 8.07. The Morgan fingerprint density at radius 2 is 1.84 bits per heavy atom. The molecule has 0 spiro atoms. The fraction of sp³-hybridized carbons (Fsp3) is 0.522. The van der Waals surface area contributed by atoms with Crippen LogP contribution in [-0.4, -0.2) is 73.3 Å². The van der Waals surface area contributed by atoms with Crippen LogP contribution in [0, 0.1) is 0 Å². The summed E-state index contributed by atoms with van der Waals surface area (Å²) in [6.45, 7) is 7.28. The Bertz CT molecular complexity index is 886. The molecule has 0 aliphatic carbocycles. The largest absolute Gasteiger partial charge is 0.379 e. The normalized spacial score (nSPS) is 17.0. The third kappa shape index (κ3) is 6.81. The minimum Gasteiger partial charge on any atom is -0.379 e. The van der Waals surface area contributed by atoms with Gasteiger partial charge in [-0.2, -0.15) is 0 Å². The molecular weight excluding hydrogens is 446 g/mol. The van der Waals surface area contributed by atoms with Gasteiger partial charge in [-0.1, -0.05) is 35.5 Å². The fourth-order valence-corrected chi connectivity index (χ4v) is 4.93. The monoisotopic (exact) mass is 475 g/mol. The number of hydrogen-bond acceptors (Lipinski definition) is 7. The zero-order valence-corrected chi connectivity index (χ0v) is 19.8. The van der Waals surface area contributed by atoms with E-state index < -0.39 is 0 Å². The fourth-order valence-electron chi connectivity index (χ4n) is 3.89. The minimum absolute atomic E-state index is 0.0281. The molecular formula is C23H30ClN5O2S. The molecule has 1 amide bonds. The van der Waals surface area contributed by atoms with Crippen LogP contribution in [0.25, 0.3) is 0 Å². The van der Waals surface area contributed by atoms with E-state index in [-0.39, 0.29) is 5.91 Å². The molecule has 0 atom stereocenters. The van der Waals surface area contributed by atoms with Gasteiger partial charge in [0.1, 0.15) is 11.0 Å². The molecule has 2 aliphatic rings. The van der Waals surface area contributed by atoms with E-state index in [1.165, 1.54) is 12.8 Å². The summed E-state index contributed by atoms with van der Waals surface area (Å²) in [6, 6.07) is 9.57. The van der Waals surface area contributed by atoms with Crippen molar-refractivity contribution in [3.05, 3.63) is 46.6 Å². The Hall–Kier alpha value is -1.87. The molecule has 0 radical (unpaired) electrons. The van der Waals surface area contributed by atoms with Crippen molar-refractivity contribution in [2.24, 2.45) is 0 Å². The van der Waals surface area contributed by atoms with Crippen molar-refractivity contribution in [3.63, 3.8) is 0 Å². The van der Waals surface area contributed by atoms with Crippen molar-refractivity contribution in [1.82, 2.24) is 20.2 Å². The smallest absolute Gasteiger partial charge is 0.251 e. The molecule has 0 saturated carbocycles. The van der Waals surface area contributed by atoms with E-state index in [2.05, 4.69) is 25.1 Å². The van der Waals surface area contributed by atoms with E-state index in [9.17, 15) is 4.79 Å². The number of thioether (sulfide) groups is 1. The number of ether oxygens (including phenoxy) is 1. The van der Waals surface area contributed by atoms with Crippen molar-refractivity contribution in [3.8, 4) is 0 Å². The molecule has 1 aromatic carbocycles. The molecule has 2 aromatic rings. The summed E-state index contributed by atoms with van der Waals surface area (Å²) in [4.78, 5) is 26.1. The van der Waals surface area contributed by atoms with E-state index in [1.54, 1.807) is 11.8 Å². The van der Waals surface area contributed by atoms with Gasteiger partial charge in [-0.15, -0.1) is 0 Å². The first kappa shape index (κ1) is 23.3. The minimum atomic E-state index is -0.0281. The van der Waals surface area contributed by atoms with Crippen LogP contribution in [0.15, 0.2) is 35.5 Å². The number of nitrogens with one attached hydrogen (secondary N) is 1. The quantitative estimate of drug-likeness (QED) is 0.257. The highest BCUT2D eigenvalue weighted by atomic mass is 35.5. The maximum absolute atomic E-state index is 12.4. The van der Waals surface area contributed by atoms with Gasteiger partial charge in [-0.3, -0.25) is 9.69 Å². The van der Waals surface area contributed by atoms with E-state index in [4.69, 9.17) is 16.3 Å². The first-order valence-corrected chi connectivity index (χ1v) is 12.6. The average Bonchev–Trinajstić information content (AvgIpc) is 3.36. The van der Waals surface area contributed by atoms with Crippen molar-refractivity contribution in [2.75, 3.05) is 57.4 Å². The summed E-state index contributed by atoms with van der Waals surface area (Å²) in [5.41, 5.74) is 1.80. The lowest BCUT2D eigenvalue weighted by molar-refractivity contribution is 0.0374. The molecule has 0 bridgehead atoms. The molecule has 4 rings (SSSR count). The second-order valence-corrected chi connectivity index (χ2v) is 9.40. The Balaban J connectivity index is 1.22. The van der Waals surface area contributed by atoms with E-state index >= 15 is 0 Å². The van der Waals surface area contributed by atoms with Crippen molar-refractivity contribution in [1.29, 1.82) is 0 Å². The summed E-state index contributed by atoms with van der Waals surface area (Å²) >= 11 is 7.78. The number of carbonyl (C=O) groups is 1. The lowest BCUT2D eigenvalue weighted by Crippen LogP contribution is -2.38. The number of hydrogen-bond donors (Lipinski definition) is 1. The summed E-state index contributed by atoms with van der Waals surface area (Å²) < 4.78 is 5.36. The molecule has 1 N–H and O–H groups in total. The molecule has 172 valence electrons. The van der Waals surface area contributed by atoms with E-state index in [0.717, 1.165) is 69.5 Å². The van der Waals surface area contributed by atoms with Crippen LogP contribution in [0.2, 0.25) is 5.15 Å². The van der Waals surface area contributed by atoms with E-state index in [1.807, 2.05) is 30.3 Å². The SMILES string of the molecule is O=C(NCCCN1CCOCC1)c1ccc(CSc2nc(Cl)cc(N3CCCC3)n2)cc1. The third-order valence-corrected chi connectivity index (χ3v) is 6.83. The Morgan fingerprint density at radius 3 is 2.59 bits per heavy atom. The zero-order chi connectivity index (χ0) is 22.2. The number of anilines is 1. The van der Waals surface area contributed by atoms with Crippen LogP contribution in [0.3, 0.4) is 0 Å². The predicted molar refractivity (Wildman–Crippen MR) is 129 cm³/mol. The van der Waals surface area contributed by atoms with Gasteiger partial charge in [0.2, 0.25) is 0 Å². The highest BCUT2D eigenvalue weighted by Crippen LogP contribution is 2.26. The standard InChI is InChI=1S/C23H30ClN5O2S/c24-20-16-21(29-10-1-2-11-29)27-23(26-20)32-17-18-4-6-19(7-5-18)22(30)25-8-3-9-28-12-14-31-15-13-28/h4-7,16H,1-3,8-15,17H2,(H,25,30). The number of carbonyl (C=O) groups excluding carboxylic acids is 1. The summed E-state index contributed by atoms with van der Waals surface area (Å²) in [5, 5.41) is 4.17. The van der Waals surface area contributed by atoms with Gasteiger partial charge < -0.3 is 15.0 Å². The summed E-state index contributed by atoms with van der Waals surface area (Å²) in [6.07, 6.45) is 3.33. The maximum Gasteiger partial charge on any atom is 0.251 e. The van der Waals surface area contributed by atoms with Crippen LogP contribution in [0.4, 0.5) is 5.82 Å². The molecule has 2 fully saturated rings. The number of amides is 1. The Labute approximate surface area is 198 Å². The summed E-state index contributed by atoms with van der Waals surface area (Å²) in [5.74, 6) is 1.60. The topological polar surface area (TPSA) is 70.6 Å². The van der Waals surface area contributed by atoms with Gasteiger partial charge >= 0.3 is 0 Å². The lowest BCUT2D eigenvalue weighted by atomic mass is 10.1. The van der Waals surface area contributed by atoms with E-state index in [0.29, 0.717) is 22.4 Å². The second kappa shape index (κ2) is 11.8. The van der Waals surface area contributed by atoms with Crippen LogP contribution >= 0.6 is 23.4 Å². The van der Waals surface area contributed by atoms with Gasteiger partial charge in [0.15, 0.2) is 5.16 Å². The molecule has 32 heavy (non-hydrogen) atoms. The Morgan fingerprint density at radius 1 is 1.09 bits per heavy atom. The molecule has 9 heteroatoms. The first-order valence-electron chi connectivity index (χ1n) is 11.3. The predicted octanol–water partition coefficient (Wildman–Crippen LogP) is 3.47. The molecule has 0 unspecified atom stereocenters. The number of rotatable bonds is 9. The van der Waals surface area contributed by atoms with Gasteiger partial charge in [-0.25, -0.2) is 9.97 Å². The molecule has 7 nitrogen and oxygen atoms in total. The van der Waals surface area contributed by atoms with Crippen molar-refractivity contribution < 1.29 is 9.53 Å². The maximum atomic E-state index is 12.4. The van der Waals surface area contributed by atoms with Gasteiger partial charge in [0.05, 0.1) is 13.2 Å². The zero-order valence-electron chi connectivity index (χ0n) is 18.3. The van der Waals surface area contributed by atoms with Crippen molar-refractivity contribution in [2.45, 2.75) is 30.2 Å². The number of aromatic nitrogens is 2. The Kier molecular flexibility index (Phi) is 8.62. The highest BCUT2D eigenvalue weighted by Gasteiger charge is 2.16. The van der Waals surface area contributed by atoms with Crippen LogP contribution < -0.4 is 10.2 Å². The van der Waals surface area contributed by atoms with Crippen LogP contribution in [0.5, 0.6) is 0 Å². The van der Waals surface area contributed by atoms with Gasteiger partial charge in [0.25, 0.3) is 5.91 Å². The van der Waals surface area contributed by atoms with Crippen LogP contribution in [0.1, 0.15) is 35.2 Å². The van der Waals surface area contributed by atoms with Gasteiger partial charge in [-0.05, 0) is 43.5 Å². The van der Waals surface area contributed by atoms with Gasteiger partial charge in [0, 0.05) is 50.1 Å². The third-order valence-electron chi connectivity index (χ3n) is 5.72. The summed E-state index contributed by atoms with van der Waals surface area (Å²) in [7, 11) is 0. The first-order chi connectivity index (χ1) is 15.7. The molecule has 2 saturated heterocycles. The number of nitrogens with zero attached hydrogens (tertiary/aromatic N) is 4. The number of benzene rings is 1. The van der Waals surface area contributed by atoms with Crippen LogP contribution in [-0.2, 0) is 10.5 Å². The molecule has 1 aromatic heterocycles. The highest BCUT2D eigenvalue weighted by molar-refractivity contribution is 7.98. The van der Waals surface area contributed by atoms with Crippen molar-refractivity contribution >= 4 is 35.1 Å².